The van der Waals surface area contributed by atoms with Crippen LogP contribution in [0, 0.1) is 13.8 Å². The summed E-state index contributed by atoms with van der Waals surface area (Å²) in [5.41, 5.74) is 3.56. The molecule has 2 rings (SSSR count). The fraction of sp³-hybridized carbons (Fsp3) is 0.500. The molecule has 3 nitrogen and oxygen atoms in total. The summed E-state index contributed by atoms with van der Waals surface area (Å²) in [7, 11) is 0. The van der Waals surface area contributed by atoms with E-state index in [0.29, 0.717) is 5.71 Å². The van der Waals surface area contributed by atoms with Crippen LogP contribution in [0.15, 0.2) is 10.6 Å². The number of nitrogens with zero attached hydrogens (tertiary/aromatic N) is 2. The minimum Gasteiger partial charge on any atom is -0.441 e. The van der Waals surface area contributed by atoms with Gasteiger partial charge in [0.2, 0.25) is 5.71 Å². The van der Waals surface area contributed by atoms with Crippen molar-refractivity contribution in [2.24, 2.45) is 0 Å². The van der Waals surface area contributed by atoms with E-state index in [1.165, 1.54) is 0 Å². The summed E-state index contributed by atoms with van der Waals surface area (Å²) in [5, 5.41) is 0. The van der Waals surface area contributed by atoms with Crippen LogP contribution in [0.3, 0.4) is 0 Å². The van der Waals surface area contributed by atoms with E-state index < -0.39 is 0 Å². The minimum atomic E-state index is 0.000365. The average Bonchev–Trinajstić information content (AvgIpc) is 2.43. The van der Waals surface area contributed by atoms with Crippen molar-refractivity contribution in [1.82, 2.24) is 9.97 Å². The van der Waals surface area contributed by atoms with Crippen molar-refractivity contribution in [2.75, 3.05) is 0 Å². The molecule has 2 aromatic heterocycles. The largest absolute Gasteiger partial charge is 0.441 e. The second kappa shape index (κ2) is 3.05. The summed E-state index contributed by atoms with van der Waals surface area (Å²) in [5.74, 6) is 0.975. The molecule has 0 unspecified atom stereocenters. The third-order valence-corrected chi connectivity index (χ3v) is 2.44. The molecule has 0 aliphatic rings. The SMILES string of the molecule is Cc1cnc2oc(C(C)(C)C)c(C)c2n1. The van der Waals surface area contributed by atoms with Crippen molar-refractivity contribution in [3.63, 3.8) is 0 Å². The monoisotopic (exact) mass is 204 g/mol. The number of hydrogen-bond acceptors (Lipinski definition) is 3. The van der Waals surface area contributed by atoms with Crippen molar-refractivity contribution in [3.8, 4) is 0 Å². The summed E-state index contributed by atoms with van der Waals surface area (Å²) >= 11 is 0. The Labute approximate surface area is 89.5 Å². The van der Waals surface area contributed by atoms with Crippen LogP contribution in [-0.4, -0.2) is 9.97 Å². The Bertz CT molecular complexity index is 506. The molecule has 0 atom stereocenters. The highest BCUT2D eigenvalue weighted by Gasteiger charge is 2.24. The van der Waals surface area contributed by atoms with E-state index in [-0.39, 0.29) is 5.41 Å². The Hall–Kier alpha value is -1.38. The molecule has 0 aliphatic carbocycles. The van der Waals surface area contributed by atoms with Gasteiger partial charge in [-0.05, 0) is 13.8 Å². The minimum absolute atomic E-state index is 0.000365. The highest BCUT2D eigenvalue weighted by atomic mass is 16.3. The van der Waals surface area contributed by atoms with Crippen LogP contribution >= 0.6 is 0 Å². The molecule has 0 aromatic carbocycles. The molecule has 0 N–H and O–H groups in total. The van der Waals surface area contributed by atoms with Crippen LogP contribution in [0.5, 0.6) is 0 Å². The van der Waals surface area contributed by atoms with Crippen molar-refractivity contribution in [1.29, 1.82) is 0 Å². The highest BCUT2D eigenvalue weighted by molar-refractivity contribution is 5.74. The lowest BCUT2D eigenvalue weighted by Gasteiger charge is -2.15. The van der Waals surface area contributed by atoms with Crippen LogP contribution in [0.1, 0.15) is 37.8 Å². The molecule has 0 amide bonds. The van der Waals surface area contributed by atoms with E-state index in [4.69, 9.17) is 4.42 Å². The summed E-state index contributed by atoms with van der Waals surface area (Å²) in [6.45, 7) is 10.4. The van der Waals surface area contributed by atoms with Gasteiger partial charge in [0.15, 0.2) is 0 Å². The number of furan rings is 1. The topological polar surface area (TPSA) is 38.9 Å². The van der Waals surface area contributed by atoms with E-state index in [9.17, 15) is 0 Å². The van der Waals surface area contributed by atoms with Crippen molar-refractivity contribution in [2.45, 2.75) is 40.0 Å². The number of fused-ring (bicyclic) bond motifs is 1. The van der Waals surface area contributed by atoms with Gasteiger partial charge in [-0.25, -0.2) is 9.97 Å². The lowest BCUT2D eigenvalue weighted by molar-refractivity contribution is 0.422. The molecular formula is C12H16N2O. The molecule has 0 spiro atoms. The maximum Gasteiger partial charge on any atom is 0.245 e. The number of rotatable bonds is 0. The molecule has 0 fully saturated rings. The Kier molecular flexibility index (Phi) is 2.07. The number of aromatic nitrogens is 2. The fourth-order valence-electron chi connectivity index (χ4n) is 1.78. The van der Waals surface area contributed by atoms with Gasteiger partial charge in [-0.2, -0.15) is 0 Å². The Balaban J connectivity index is 2.76. The van der Waals surface area contributed by atoms with Gasteiger partial charge in [0.25, 0.3) is 0 Å². The second-order valence-corrected chi connectivity index (χ2v) is 4.97. The Morgan fingerprint density at radius 3 is 2.47 bits per heavy atom. The van der Waals surface area contributed by atoms with Crippen molar-refractivity contribution >= 4 is 11.2 Å². The van der Waals surface area contributed by atoms with Gasteiger partial charge in [0.1, 0.15) is 11.3 Å². The van der Waals surface area contributed by atoms with Gasteiger partial charge in [-0.3, -0.25) is 0 Å². The predicted molar refractivity (Wildman–Crippen MR) is 60.0 cm³/mol. The zero-order chi connectivity index (χ0) is 11.2. The van der Waals surface area contributed by atoms with E-state index in [1.54, 1.807) is 6.20 Å². The van der Waals surface area contributed by atoms with E-state index in [2.05, 4.69) is 30.7 Å². The van der Waals surface area contributed by atoms with Crippen LogP contribution in [0.25, 0.3) is 11.2 Å². The van der Waals surface area contributed by atoms with Gasteiger partial charge in [-0.15, -0.1) is 0 Å². The molecule has 0 aliphatic heterocycles. The highest BCUT2D eigenvalue weighted by Crippen LogP contribution is 2.31. The first-order valence-electron chi connectivity index (χ1n) is 5.13. The Morgan fingerprint density at radius 1 is 1.20 bits per heavy atom. The second-order valence-electron chi connectivity index (χ2n) is 4.97. The Morgan fingerprint density at radius 2 is 1.87 bits per heavy atom. The molecule has 0 saturated carbocycles. The summed E-state index contributed by atoms with van der Waals surface area (Å²) in [4.78, 5) is 8.70. The molecule has 0 radical (unpaired) electrons. The molecule has 15 heavy (non-hydrogen) atoms. The van der Waals surface area contributed by atoms with Gasteiger partial charge in [0.05, 0.1) is 11.9 Å². The van der Waals surface area contributed by atoms with Crippen LogP contribution in [0.4, 0.5) is 0 Å². The van der Waals surface area contributed by atoms with Crippen LogP contribution < -0.4 is 0 Å². The molecule has 2 heterocycles. The summed E-state index contributed by atoms with van der Waals surface area (Å²) in [6.07, 6.45) is 1.73. The summed E-state index contributed by atoms with van der Waals surface area (Å²) in [6, 6.07) is 0. The molecular weight excluding hydrogens is 188 g/mol. The predicted octanol–water partition coefficient (Wildman–Crippen LogP) is 3.14. The normalized spacial score (nSPS) is 12.3. The third-order valence-electron chi connectivity index (χ3n) is 2.44. The fourth-order valence-corrected chi connectivity index (χ4v) is 1.78. The van der Waals surface area contributed by atoms with E-state index in [0.717, 1.165) is 22.5 Å². The molecule has 80 valence electrons. The zero-order valence-corrected chi connectivity index (χ0v) is 9.88. The van der Waals surface area contributed by atoms with Gasteiger partial charge >= 0.3 is 0 Å². The third kappa shape index (κ3) is 1.62. The lowest BCUT2D eigenvalue weighted by Crippen LogP contribution is -2.11. The van der Waals surface area contributed by atoms with Crippen molar-refractivity contribution in [3.05, 3.63) is 23.2 Å². The van der Waals surface area contributed by atoms with E-state index >= 15 is 0 Å². The van der Waals surface area contributed by atoms with Crippen LogP contribution in [0.2, 0.25) is 0 Å². The number of aryl methyl sites for hydroxylation is 2. The van der Waals surface area contributed by atoms with E-state index in [1.807, 2.05) is 13.8 Å². The van der Waals surface area contributed by atoms with Gasteiger partial charge in [-0.1, -0.05) is 20.8 Å². The smallest absolute Gasteiger partial charge is 0.245 e. The molecule has 0 saturated heterocycles. The quantitative estimate of drug-likeness (QED) is 0.661. The first-order valence-corrected chi connectivity index (χ1v) is 5.13. The summed E-state index contributed by atoms with van der Waals surface area (Å²) < 4.78 is 5.74. The zero-order valence-electron chi connectivity index (χ0n) is 9.88. The van der Waals surface area contributed by atoms with Gasteiger partial charge in [0, 0.05) is 11.0 Å². The maximum absolute atomic E-state index is 5.74. The molecule has 2 aromatic rings. The lowest BCUT2D eigenvalue weighted by atomic mass is 9.91. The average molecular weight is 204 g/mol. The maximum atomic E-state index is 5.74. The number of hydrogen-bond donors (Lipinski definition) is 0. The molecule has 0 bridgehead atoms. The van der Waals surface area contributed by atoms with Crippen molar-refractivity contribution < 1.29 is 4.42 Å². The van der Waals surface area contributed by atoms with Crippen LogP contribution in [-0.2, 0) is 5.41 Å². The first kappa shape index (κ1) is 10.1. The molecule has 3 heteroatoms. The standard InChI is InChI=1S/C12H16N2O/c1-7-6-13-11-9(14-7)8(2)10(15-11)12(3,4)5/h6H,1-5H3. The van der Waals surface area contributed by atoms with Gasteiger partial charge < -0.3 is 4.42 Å². The first-order chi connectivity index (χ1) is 6.89.